The molecule has 0 saturated carbocycles. The van der Waals surface area contributed by atoms with Crippen molar-refractivity contribution in [3.63, 3.8) is 0 Å². The molecule has 0 spiro atoms. The maximum Gasteiger partial charge on any atom is 0.00610 e. The standard InChI is InChI=1S/C14H14.C3H8/c1-12(13-8-4-2-5-9-13)14-10-6-3-7-11-14;1-3-2/h2-12H,1H3;3H2,1-2H3. The highest BCUT2D eigenvalue weighted by atomic mass is 14.1. The molecule has 0 aliphatic carbocycles. The van der Waals surface area contributed by atoms with Gasteiger partial charge in [0.05, 0.1) is 0 Å². The molecule has 0 aliphatic rings. The molecular formula is C17H22. The predicted octanol–water partition coefficient (Wildman–Crippen LogP) is 5.25. The molecule has 0 unspecified atom stereocenters. The summed E-state index contributed by atoms with van der Waals surface area (Å²) in [5, 5.41) is 0. The highest BCUT2D eigenvalue weighted by molar-refractivity contribution is 5.31. The van der Waals surface area contributed by atoms with E-state index in [1.54, 1.807) is 0 Å². The third-order valence-electron chi connectivity index (χ3n) is 2.60. The van der Waals surface area contributed by atoms with E-state index < -0.39 is 0 Å². The van der Waals surface area contributed by atoms with Crippen LogP contribution in [0.2, 0.25) is 0 Å². The molecule has 0 heteroatoms. The van der Waals surface area contributed by atoms with Gasteiger partial charge in [-0.05, 0) is 11.1 Å². The first-order valence-electron chi connectivity index (χ1n) is 6.39. The summed E-state index contributed by atoms with van der Waals surface area (Å²) >= 11 is 0. The van der Waals surface area contributed by atoms with Crippen LogP contribution in [0.15, 0.2) is 60.7 Å². The number of benzene rings is 2. The Morgan fingerprint density at radius 1 is 0.706 bits per heavy atom. The highest BCUT2D eigenvalue weighted by Crippen LogP contribution is 2.22. The molecule has 17 heavy (non-hydrogen) atoms. The van der Waals surface area contributed by atoms with Gasteiger partial charge in [0.25, 0.3) is 0 Å². The molecule has 0 bridgehead atoms. The zero-order valence-electron chi connectivity index (χ0n) is 11.1. The van der Waals surface area contributed by atoms with E-state index in [1.165, 1.54) is 17.5 Å². The van der Waals surface area contributed by atoms with Crippen molar-refractivity contribution in [2.75, 3.05) is 0 Å². The lowest BCUT2D eigenvalue weighted by atomic mass is 9.93. The summed E-state index contributed by atoms with van der Waals surface area (Å²) in [6.07, 6.45) is 1.25. The number of hydrogen-bond acceptors (Lipinski definition) is 0. The van der Waals surface area contributed by atoms with E-state index in [0.717, 1.165) is 0 Å². The minimum Gasteiger partial charge on any atom is -0.0656 e. The molecule has 2 aromatic carbocycles. The van der Waals surface area contributed by atoms with E-state index >= 15 is 0 Å². The maximum absolute atomic E-state index is 2.24. The summed E-state index contributed by atoms with van der Waals surface area (Å²) in [4.78, 5) is 0. The van der Waals surface area contributed by atoms with E-state index in [9.17, 15) is 0 Å². The van der Waals surface area contributed by atoms with Crippen LogP contribution in [0.4, 0.5) is 0 Å². The second-order valence-corrected chi connectivity index (χ2v) is 4.25. The Labute approximate surface area is 105 Å². The fourth-order valence-corrected chi connectivity index (χ4v) is 1.68. The average molecular weight is 226 g/mol. The molecule has 90 valence electrons. The normalized spacial score (nSPS) is 9.65. The van der Waals surface area contributed by atoms with Crippen LogP contribution in [0.5, 0.6) is 0 Å². The SMILES string of the molecule is CC(c1ccccc1)c1ccccc1.CCC. The fourth-order valence-electron chi connectivity index (χ4n) is 1.68. The lowest BCUT2D eigenvalue weighted by Crippen LogP contribution is -1.94. The quantitative estimate of drug-likeness (QED) is 0.655. The molecule has 0 saturated heterocycles. The molecular weight excluding hydrogens is 204 g/mol. The van der Waals surface area contributed by atoms with Gasteiger partial charge in [-0.3, -0.25) is 0 Å². The summed E-state index contributed by atoms with van der Waals surface area (Å²) in [5.41, 5.74) is 2.75. The monoisotopic (exact) mass is 226 g/mol. The zero-order chi connectivity index (χ0) is 12.5. The van der Waals surface area contributed by atoms with Gasteiger partial charge in [0.2, 0.25) is 0 Å². The number of hydrogen-bond donors (Lipinski definition) is 0. The van der Waals surface area contributed by atoms with Crippen LogP contribution in [0.25, 0.3) is 0 Å². The second kappa shape index (κ2) is 7.67. The Balaban J connectivity index is 0.000000437. The van der Waals surface area contributed by atoms with Crippen molar-refractivity contribution >= 4 is 0 Å². The van der Waals surface area contributed by atoms with Crippen molar-refractivity contribution in [1.29, 1.82) is 0 Å². The second-order valence-electron chi connectivity index (χ2n) is 4.25. The molecule has 2 aromatic rings. The van der Waals surface area contributed by atoms with Crippen LogP contribution in [0, 0.1) is 0 Å². The lowest BCUT2D eigenvalue weighted by molar-refractivity contribution is 0.922. The van der Waals surface area contributed by atoms with Gasteiger partial charge in [-0.2, -0.15) is 0 Å². The molecule has 2 rings (SSSR count). The Bertz CT molecular complexity index is 349. The Hall–Kier alpha value is -1.56. The smallest absolute Gasteiger partial charge is 0.00610 e. The van der Waals surface area contributed by atoms with Crippen LogP contribution in [0.3, 0.4) is 0 Å². The Morgan fingerprint density at radius 3 is 1.29 bits per heavy atom. The molecule has 0 fully saturated rings. The zero-order valence-corrected chi connectivity index (χ0v) is 11.1. The van der Waals surface area contributed by atoms with Gasteiger partial charge in [-0.15, -0.1) is 0 Å². The molecule has 0 aromatic heterocycles. The van der Waals surface area contributed by atoms with Crippen molar-refractivity contribution in [2.24, 2.45) is 0 Å². The van der Waals surface area contributed by atoms with Crippen LogP contribution in [-0.4, -0.2) is 0 Å². The largest absolute Gasteiger partial charge is 0.0656 e. The Kier molecular flexibility index (Phi) is 6.09. The van der Waals surface area contributed by atoms with Gasteiger partial charge in [0.15, 0.2) is 0 Å². The van der Waals surface area contributed by atoms with Crippen molar-refractivity contribution < 1.29 is 0 Å². The summed E-state index contributed by atoms with van der Waals surface area (Å²) < 4.78 is 0. The summed E-state index contributed by atoms with van der Waals surface area (Å²) in [6.45, 7) is 6.49. The van der Waals surface area contributed by atoms with Gasteiger partial charge in [-0.25, -0.2) is 0 Å². The first kappa shape index (κ1) is 13.5. The van der Waals surface area contributed by atoms with E-state index in [4.69, 9.17) is 0 Å². The van der Waals surface area contributed by atoms with Crippen LogP contribution < -0.4 is 0 Å². The molecule has 0 amide bonds. The first-order valence-corrected chi connectivity index (χ1v) is 6.39. The summed E-state index contributed by atoms with van der Waals surface area (Å²) in [7, 11) is 0. The fraction of sp³-hybridized carbons (Fsp3) is 0.294. The van der Waals surface area contributed by atoms with Crippen LogP contribution >= 0.6 is 0 Å². The lowest BCUT2D eigenvalue weighted by Gasteiger charge is -2.11. The van der Waals surface area contributed by atoms with Gasteiger partial charge in [0, 0.05) is 5.92 Å². The third kappa shape index (κ3) is 4.44. The number of rotatable bonds is 2. The average Bonchev–Trinajstić information content (AvgIpc) is 2.41. The first-order chi connectivity index (χ1) is 8.29. The van der Waals surface area contributed by atoms with Gasteiger partial charge >= 0.3 is 0 Å². The minimum atomic E-state index is 0.484. The van der Waals surface area contributed by atoms with Gasteiger partial charge < -0.3 is 0 Å². The van der Waals surface area contributed by atoms with Crippen molar-refractivity contribution in [1.82, 2.24) is 0 Å². The molecule has 0 aliphatic heterocycles. The van der Waals surface area contributed by atoms with Crippen LogP contribution in [0.1, 0.15) is 44.2 Å². The van der Waals surface area contributed by atoms with Crippen molar-refractivity contribution in [3.05, 3.63) is 71.8 Å². The third-order valence-corrected chi connectivity index (χ3v) is 2.60. The molecule has 0 heterocycles. The molecule has 0 atom stereocenters. The molecule has 0 nitrogen and oxygen atoms in total. The maximum atomic E-state index is 2.24. The topological polar surface area (TPSA) is 0 Å². The minimum absolute atomic E-state index is 0.484. The van der Waals surface area contributed by atoms with Crippen molar-refractivity contribution in [2.45, 2.75) is 33.1 Å². The van der Waals surface area contributed by atoms with E-state index in [0.29, 0.717) is 5.92 Å². The highest BCUT2D eigenvalue weighted by Gasteiger charge is 2.05. The van der Waals surface area contributed by atoms with E-state index in [2.05, 4.69) is 81.4 Å². The van der Waals surface area contributed by atoms with Crippen LogP contribution in [-0.2, 0) is 0 Å². The summed E-state index contributed by atoms with van der Waals surface area (Å²) in [6, 6.07) is 21.2. The Morgan fingerprint density at radius 2 is 1.00 bits per heavy atom. The summed E-state index contributed by atoms with van der Waals surface area (Å²) in [5.74, 6) is 0.484. The molecule has 0 radical (unpaired) electrons. The van der Waals surface area contributed by atoms with Crippen molar-refractivity contribution in [3.8, 4) is 0 Å². The predicted molar refractivity (Wildman–Crippen MR) is 76.4 cm³/mol. The van der Waals surface area contributed by atoms with E-state index in [-0.39, 0.29) is 0 Å². The van der Waals surface area contributed by atoms with Gasteiger partial charge in [-0.1, -0.05) is 87.9 Å². The van der Waals surface area contributed by atoms with Gasteiger partial charge in [0.1, 0.15) is 0 Å². The van der Waals surface area contributed by atoms with E-state index in [1.807, 2.05) is 0 Å². The molecule has 0 N–H and O–H groups in total.